The van der Waals surface area contributed by atoms with Gasteiger partial charge in [0.15, 0.2) is 0 Å². The maximum atomic E-state index is 13.9. The van der Waals surface area contributed by atoms with Gasteiger partial charge < -0.3 is 4.90 Å². The van der Waals surface area contributed by atoms with Crippen molar-refractivity contribution in [1.29, 1.82) is 0 Å². The highest BCUT2D eigenvalue weighted by Gasteiger charge is 2.31. The molecular weight excluding hydrogens is 425 g/mol. The number of nitrogens with zero attached hydrogens (tertiary/aromatic N) is 3. The molecule has 0 aliphatic carbocycles. The van der Waals surface area contributed by atoms with E-state index in [0.717, 1.165) is 16.6 Å². The van der Waals surface area contributed by atoms with Crippen molar-refractivity contribution in [3.8, 4) is 10.6 Å². The Bertz CT molecular complexity index is 1140. The largest absolute Gasteiger partial charge is 0.340 e. The van der Waals surface area contributed by atoms with Gasteiger partial charge in [0.1, 0.15) is 15.7 Å². The number of amides is 1. The van der Waals surface area contributed by atoms with Gasteiger partial charge in [0.2, 0.25) is 15.9 Å². The fourth-order valence-electron chi connectivity index (χ4n) is 3.34. The zero-order valence-corrected chi connectivity index (χ0v) is 17.7. The summed E-state index contributed by atoms with van der Waals surface area (Å²) in [5.74, 6) is -0.864. The van der Waals surface area contributed by atoms with E-state index in [9.17, 15) is 17.6 Å². The smallest absolute Gasteiger partial charge is 0.246 e. The maximum absolute atomic E-state index is 13.9. The van der Waals surface area contributed by atoms with Crippen molar-refractivity contribution >= 4 is 27.3 Å². The summed E-state index contributed by atoms with van der Waals surface area (Å²) in [7, 11) is -3.92. The van der Waals surface area contributed by atoms with Crippen LogP contribution in [0.2, 0.25) is 0 Å². The molecule has 6 nitrogen and oxygen atoms in total. The van der Waals surface area contributed by atoms with Crippen LogP contribution in [0.5, 0.6) is 0 Å². The highest BCUT2D eigenvalue weighted by Crippen LogP contribution is 2.24. The molecule has 1 fully saturated rings. The Balaban J connectivity index is 1.37. The summed E-state index contributed by atoms with van der Waals surface area (Å²) in [5, 5.41) is 2.73. The third-order valence-corrected chi connectivity index (χ3v) is 7.82. The highest BCUT2D eigenvalue weighted by atomic mass is 32.2. The van der Waals surface area contributed by atoms with E-state index in [-0.39, 0.29) is 43.4 Å². The molecule has 0 unspecified atom stereocenters. The molecule has 1 aliphatic rings. The zero-order valence-electron chi connectivity index (χ0n) is 16.1. The Morgan fingerprint density at radius 2 is 1.67 bits per heavy atom. The molecule has 0 saturated carbocycles. The molecule has 1 amide bonds. The second-order valence-corrected chi connectivity index (χ2v) is 9.67. The number of halogens is 1. The van der Waals surface area contributed by atoms with Crippen LogP contribution < -0.4 is 0 Å². The van der Waals surface area contributed by atoms with Gasteiger partial charge in [0.25, 0.3) is 0 Å². The van der Waals surface area contributed by atoms with Gasteiger partial charge in [-0.25, -0.2) is 17.8 Å². The van der Waals surface area contributed by atoms with Crippen molar-refractivity contribution in [3.63, 3.8) is 0 Å². The minimum atomic E-state index is -3.92. The predicted octanol–water partition coefficient (Wildman–Crippen LogP) is 3.02. The summed E-state index contributed by atoms with van der Waals surface area (Å²) in [6, 6.07) is 15.1. The third kappa shape index (κ3) is 4.28. The van der Waals surface area contributed by atoms with Crippen LogP contribution in [-0.4, -0.2) is 54.7 Å². The lowest BCUT2D eigenvalue weighted by atomic mass is 10.2. The van der Waals surface area contributed by atoms with Gasteiger partial charge in [0, 0.05) is 37.1 Å². The van der Waals surface area contributed by atoms with Gasteiger partial charge in [-0.05, 0) is 12.1 Å². The number of sulfonamides is 1. The van der Waals surface area contributed by atoms with Crippen molar-refractivity contribution < 1.29 is 17.6 Å². The van der Waals surface area contributed by atoms with E-state index in [1.165, 1.54) is 33.8 Å². The number of carbonyl (C=O) groups excluding carboxylic acids is 1. The van der Waals surface area contributed by atoms with Crippen molar-refractivity contribution in [2.24, 2.45) is 0 Å². The molecule has 3 aromatic rings. The summed E-state index contributed by atoms with van der Waals surface area (Å²) in [4.78, 5) is 18.5. The second-order valence-electron chi connectivity index (χ2n) is 6.90. The van der Waals surface area contributed by atoms with Crippen LogP contribution in [-0.2, 0) is 21.2 Å². The minimum Gasteiger partial charge on any atom is -0.340 e. The van der Waals surface area contributed by atoms with Crippen molar-refractivity contribution in [2.75, 3.05) is 26.2 Å². The lowest BCUT2D eigenvalue weighted by Crippen LogP contribution is -2.51. The van der Waals surface area contributed by atoms with E-state index in [1.807, 2.05) is 35.7 Å². The number of hydrogen-bond donors (Lipinski definition) is 0. The van der Waals surface area contributed by atoms with Crippen LogP contribution in [0.25, 0.3) is 10.6 Å². The number of hydrogen-bond acceptors (Lipinski definition) is 5. The number of aromatic nitrogens is 1. The highest BCUT2D eigenvalue weighted by molar-refractivity contribution is 7.89. The zero-order chi connectivity index (χ0) is 21.1. The van der Waals surface area contributed by atoms with Crippen LogP contribution in [0.15, 0.2) is 64.9 Å². The SMILES string of the molecule is O=C(Cc1csc(-c2ccccc2)n1)N1CCN(S(=O)(=O)c2ccccc2F)CC1. The standard InChI is InChI=1S/C21H20FN3O3S2/c22-18-8-4-5-9-19(18)30(27,28)25-12-10-24(11-13-25)20(26)14-17-15-29-21(23-17)16-6-2-1-3-7-16/h1-9,15H,10-14H2. The van der Waals surface area contributed by atoms with E-state index >= 15 is 0 Å². The lowest BCUT2D eigenvalue weighted by molar-refractivity contribution is -0.131. The Labute approximate surface area is 178 Å². The molecule has 0 bridgehead atoms. The van der Waals surface area contributed by atoms with Gasteiger partial charge in [-0.3, -0.25) is 4.79 Å². The summed E-state index contributed by atoms with van der Waals surface area (Å²) in [6.45, 7) is 0.799. The summed E-state index contributed by atoms with van der Waals surface area (Å²) < 4.78 is 40.5. The fourth-order valence-corrected chi connectivity index (χ4v) is 5.65. The number of benzene rings is 2. The van der Waals surface area contributed by atoms with E-state index in [0.29, 0.717) is 5.69 Å². The Kier molecular flexibility index (Phi) is 5.94. The Hall–Kier alpha value is -2.62. The van der Waals surface area contributed by atoms with Gasteiger partial charge in [-0.15, -0.1) is 11.3 Å². The van der Waals surface area contributed by atoms with Crippen molar-refractivity contribution in [1.82, 2.24) is 14.2 Å². The Morgan fingerprint density at radius 3 is 2.37 bits per heavy atom. The summed E-state index contributed by atoms with van der Waals surface area (Å²) in [6.07, 6.45) is 0.170. The summed E-state index contributed by atoms with van der Waals surface area (Å²) in [5.41, 5.74) is 1.71. The molecule has 4 rings (SSSR count). The van der Waals surface area contributed by atoms with Crippen molar-refractivity contribution in [3.05, 3.63) is 71.5 Å². The van der Waals surface area contributed by atoms with Crippen LogP contribution in [0.1, 0.15) is 5.69 Å². The normalized spacial score (nSPS) is 15.3. The molecule has 1 saturated heterocycles. The third-order valence-electron chi connectivity index (χ3n) is 4.95. The first-order valence-corrected chi connectivity index (χ1v) is 11.8. The first-order valence-electron chi connectivity index (χ1n) is 9.47. The van der Waals surface area contributed by atoms with E-state index in [2.05, 4.69) is 4.98 Å². The average Bonchev–Trinajstić information content (AvgIpc) is 3.23. The molecule has 156 valence electrons. The van der Waals surface area contributed by atoms with E-state index in [4.69, 9.17) is 0 Å². The van der Waals surface area contributed by atoms with Gasteiger partial charge in [-0.2, -0.15) is 4.31 Å². The van der Waals surface area contributed by atoms with Gasteiger partial charge in [0.05, 0.1) is 12.1 Å². The first-order chi connectivity index (χ1) is 14.4. The number of rotatable bonds is 5. The van der Waals surface area contributed by atoms with Gasteiger partial charge in [-0.1, -0.05) is 42.5 Å². The predicted molar refractivity (Wildman–Crippen MR) is 113 cm³/mol. The molecule has 1 aliphatic heterocycles. The quantitative estimate of drug-likeness (QED) is 0.605. The molecular formula is C21H20FN3O3S2. The van der Waals surface area contributed by atoms with Crippen LogP contribution in [0.4, 0.5) is 4.39 Å². The molecule has 9 heteroatoms. The molecule has 0 radical (unpaired) electrons. The van der Waals surface area contributed by atoms with E-state index in [1.54, 1.807) is 4.90 Å². The summed E-state index contributed by atoms with van der Waals surface area (Å²) >= 11 is 1.49. The molecule has 0 spiro atoms. The molecule has 30 heavy (non-hydrogen) atoms. The molecule has 0 atom stereocenters. The number of piperazine rings is 1. The lowest BCUT2D eigenvalue weighted by Gasteiger charge is -2.34. The molecule has 1 aromatic heterocycles. The number of thiazole rings is 1. The van der Waals surface area contributed by atoms with Gasteiger partial charge >= 0.3 is 0 Å². The fraction of sp³-hybridized carbons (Fsp3) is 0.238. The number of carbonyl (C=O) groups is 1. The minimum absolute atomic E-state index is 0.0946. The van der Waals surface area contributed by atoms with Crippen LogP contribution >= 0.6 is 11.3 Å². The molecule has 2 aromatic carbocycles. The average molecular weight is 446 g/mol. The first kappa shape index (κ1) is 20.6. The Morgan fingerprint density at radius 1 is 1.00 bits per heavy atom. The van der Waals surface area contributed by atoms with Crippen molar-refractivity contribution in [2.45, 2.75) is 11.3 Å². The monoisotopic (exact) mass is 445 g/mol. The van der Waals surface area contributed by atoms with Crippen LogP contribution in [0.3, 0.4) is 0 Å². The van der Waals surface area contributed by atoms with Crippen LogP contribution in [0, 0.1) is 5.82 Å². The van der Waals surface area contributed by atoms with E-state index < -0.39 is 15.8 Å². The topological polar surface area (TPSA) is 70.6 Å². The molecule has 2 heterocycles. The second kappa shape index (κ2) is 8.63. The maximum Gasteiger partial charge on any atom is 0.246 e. The molecule has 0 N–H and O–H groups in total.